The van der Waals surface area contributed by atoms with Crippen LogP contribution in [0, 0.1) is 11.6 Å². The van der Waals surface area contributed by atoms with Crippen LogP contribution in [0.5, 0.6) is 0 Å². The third-order valence-electron chi connectivity index (χ3n) is 2.14. The molecule has 1 unspecified atom stereocenters. The molecule has 0 saturated heterocycles. The standard InChI is InChI=1S/C12H15F2NO2S/c1-8(16)4-5-15-12(17)7-18-11-3-2-9(13)6-10(11)14/h2-3,6,8,16H,4-5,7H2,1H3,(H,15,17). The van der Waals surface area contributed by atoms with Crippen LogP contribution in [0.15, 0.2) is 23.1 Å². The van der Waals surface area contributed by atoms with Crippen LogP contribution in [0.4, 0.5) is 8.78 Å². The van der Waals surface area contributed by atoms with E-state index in [9.17, 15) is 13.6 Å². The molecular formula is C12H15F2NO2S. The Labute approximate surface area is 109 Å². The number of benzene rings is 1. The number of amides is 1. The number of rotatable bonds is 6. The summed E-state index contributed by atoms with van der Waals surface area (Å²) in [5, 5.41) is 11.6. The zero-order chi connectivity index (χ0) is 13.5. The molecule has 0 aromatic heterocycles. The Hall–Kier alpha value is -1.14. The second kappa shape index (κ2) is 7.33. The molecule has 1 aromatic rings. The smallest absolute Gasteiger partial charge is 0.230 e. The van der Waals surface area contributed by atoms with Gasteiger partial charge < -0.3 is 10.4 Å². The quantitative estimate of drug-likeness (QED) is 0.780. The Kier molecular flexibility index (Phi) is 6.07. The van der Waals surface area contributed by atoms with Crippen molar-refractivity contribution in [2.75, 3.05) is 12.3 Å². The summed E-state index contributed by atoms with van der Waals surface area (Å²) in [6.07, 6.45) is 0.00825. The molecule has 0 bridgehead atoms. The molecule has 1 rings (SSSR count). The summed E-state index contributed by atoms with van der Waals surface area (Å²) in [6.45, 7) is 2.01. The van der Waals surface area contributed by atoms with Crippen molar-refractivity contribution in [3.63, 3.8) is 0 Å². The minimum atomic E-state index is -0.670. The van der Waals surface area contributed by atoms with Crippen molar-refractivity contribution >= 4 is 17.7 Å². The van der Waals surface area contributed by atoms with Crippen molar-refractivity contribution in [3.8, 4) is 0 Å². The van der Waals surface area contributed by atoms with Crippen LogP contribution in [0.25, 0.3) is 0 Å². The first-order valence-electron chi connectivity index (χ1n) is 5.51. The van der Waals surface area contributed by atoms with Crippen LogP contribution in [-0.2, 0) is 4.79 Å². The molecule has 1 amide bonds. The van der Waals surface area contributed by atoms with E-state index in [4.69, 9.17) is 5.11 Å². The molecule has 0 aliphatic rings. The first-order chi connectivity index (χ1) is 8.49. The van der Waals surface area contributed by atoms with E-state index in [-0.39, 0.29) is 16.6 Å². The van der Waals surface area contributed by atoms with Crippen LogP contribution >= 0.6 is 11.8 Å². The molecule has 0 radical (unpaired) electrons. The van der Waals surface area contributed by atoms with Gasteiger partial charge in [-0.3, -0.25) is 4.79 Å². The van der Waals surface area contributed by atoms with Gasteiger partial charge in [-0.1, -0.05) is 0 Å². The third kappa shape index (κ3) is 5.46. The number of carbonyl (C=O) groups is 1. The molecule has 0 aliphatic heterocycles. The lowest BCUT2D eigenvalue weighted by Gasteiger charge is -2.07. The maximum absolute atomic E-state index is 13.2. The molecule has 2 N–H and O–H groups in total. The van der Waals surface area contributed by atoms with Gasteiger partial charge in [0, 0.05) is 17.5 Å². The lowest BCUT2D eigenvalue weighted by atomic mass is 10.3. The molecular weight excluding hydrogens is 260 g/mol. The fourth-order valence-electron chi connectivity index (χ4n) is 1.21. The molecule has 0 saturated carbocycles. The van der Waals surface area contributed by atoms with E-state index in [1.165, 1.54) is 6.07 Å². The molecule has 1 aromatic carbocycles. The second-order valence-corrected chi connectivity index (χ2v) is 4.87. The highest BCUT2D eigenvalue weighted by atomic mass is 32.2. The van der Waals surface area contributed by atoms with E-state index < -0.39 is 17.7 Å². The monoisotopic (exact) mass is 275 g/mol. The Balaban J connectivity index is 2.33. The number of carbonyl (C=O) groups excluding carboxylic acids is 1. The van der Waals surface area contributed by atoms with Gasteiger partial charge in [0.1, 0.15) is 11.6 Å². The van der Waals surface area contributed by atoms with Gasteiger partial charge in [0.2, 0.25) is 5.91 Å². The van der Waals surface area contributed by atoms with Crippen molar-refractivity contribution in [2.24, 2.45) is 0 Å². The Morgan fingerprint density at radius 1 is 1.50 bits per heavy atom. The molecule has 0 aliphatic carbocycles. The number of halogens is 2. The predicted octanol–water partition coefficient (Wildman–Crippen LogP) is 1.94. The average molecular weight is 275 g/mol. The summed E-state index contributed by atoms with van der Waals surface area (Å²) in [7, 11) is 0. The summed E-state index contributed by atoms with van der Waals surface area (Å²) in [5.41, 5.74) is 0. The van der Waals surface area contributed by atoms with Crippen LogP contribution in [0.3, 0.4) is 0 Å². The van der Waals surface area contributed by atoms with Gasteiger partial charge in [-0.05, 0) is 25.5 Å². The molecule has 0 heterocycles. The lowest BCUT2D eigenvalue weighted by Crippen LogP contribution is -2.27. The third-order valence-corrected chi connectivity index (χ3v) is 3.19. The van der Waals surface area contributed by atoms with Crippen molar-refractivity contribution in [1.29, 1.82) is 0 Å². The summed E-state index contributed by atoms with van der Waals surface area (Å²) in [5.74, 6) is -1.50. The van der Waals surface area contributed by atoms with Gasteiger partial charge in [-0.2, -0.15) is 0 Å². The number of nitrogens with one attached hydrogen (secondary N) is 1. The molecule has 18 heavy (non-hydrogen) atoms. The van der Waals surface area contributed by atoms with Gasteiger partial charge in [0.25, 0.3) is 0 Å². The fraction of sp³-hybridized carbons (Fsp3) is 0.417. The van der Waals surface area contributed by atoms with E-state index in [1.807, 2.05) is 0 Å². The highest BCUT2D eigenvalue weighted by molar-refractivity contribution is 8.00. The fourth-order valence-corrected chi connectivity index (χ4v) is 1.96. The Morgan fingerprint density at radius 2 is 2.22 bits per heavy atom. The van der Waals surface area contributed by atoms with E-state index in [2.05, 4.69) is 5.32 Å². The van der Waals surface area contributed by atoms with Gasteiger partial charge in [-0.25, -0.2) is 8.78 Å². The zero-order valence-corrected chi connectivity index (χ0v) is 10.8. The van der Waals surface area contributed by atoms with Crippen molar-refractivity contribution < 1.29 is 18.7 Å². The Morgan fingerprint density at radius 3 is 2.83 bits per heavy atom. The van der Waals surface area contributed by atoms with Crippen LogP contribution < -0.4 is 5.32 Å². The number of aliphatic hydroxyl groups is 1. The van der Waals surface area contributed by atoms with E-state index in [1.54, 1.807) is 6.92 Å². The molecule has 0 fully saturated rings. The van der Waals surface area contributed by atoms with Crippen LogP contribution in [0.1, 0.15) is 13.3 Å². The van der Waals surface area contributed by atoms with Gasteiger partial charge in [-0.15, -0.1) is 11.8 Å². The average Bonchev–Trinajstić information content (AvgIpc) is 2.27. The lowest BCUT2D eigenvalue weighted by molar-refractivity contribution is -0.118. The highest BCUT2D eigenvalue weighted by Gasteiger charge is 2.07. The number of hydrogen-bond donors (Lipinski definition) is 2. The molecule has 3 nitrogen and oxygen atoms in total. The number of thioether (sulfide) groups is 1. The minimum Gasteiger partial charge on any atom is -0.393 e. The predicted molar refractivity (Wildman–Crippen MR) is 66.4 cm³/mol. The van der Waals surface area contributed by atoms with Crippen LogP contribution in [-0.4, -0.2) is 29.4 Å². The maximum atomic E-state index is 13.2. The van der Waals surface area contributed by atoms with E-state index >= 15 is 0 Å². The summed E-state index contributed by atoms with van der Waals surface area (Å²) >= 11 is 1.01. The van der Waals surface area contributed by atoms with E-state index in [0.29, 0.717) is 13.0 Å². The largest absolute Gasteiger partial charge is 0.393 e. The first kappa shape index (κ1) is 14.9. The number of hydrogen-bond acceptors (Lipinski definition) is 3. The van der Waals surface area contributed by atoms with Crippen molar-refractivity contribution in [3.05, 3.63) is 29.8 Å². The van der Waals surface area contributed by atoms with Crippen molar-refractivity contribution in [1.82, 2.24) is 5.32 Å². The van der Waals surface area contributed by atoms with Gasteiger partial charge >= 0.3 is 0 Å². The number of aliphatic hydroxyl groups excluding tert-OH is 1. The maximum Gasteiger partial charge on any atom is 0.230 e. The second-order valence-electron chi connectivity index (χ2n) is 3.85. The molecule has 0 spiro atoms. The molecule has 100 valence electrons. The molecule has 6 heteroatoms. The summed E-state index contributed by atoms with van der Waals surface area (Å²) in [4.78, 5) is 11.6. The summed E-state index contributed by atoms with van der Waals surface area (Å²) in [6, 6.07) is 3.24. The Bertz CT molecular complexity index is 413. The molecule has 1 atom stereocenters. The first-order valence-corrected chi connectivity index (χ1v) is 6.50. The topological polar surface area (TPSA) is 49.3 Å². The van der Waals surface area contributed by atoms with Gasteiger partial charge in [0.15, 0.2) is 0 Å². The van der Waals surface area contributed by atoms with Crippen LogP contribution in [0.2, 0.25) is 0 Å². The zero-order valence-electron chi connectivity index (χ0n) is 9.95. The van der Waals surface area contributed by atoms with Crippen molar-refractivity contribution in [2.45, 2.75) is 24.3 Å². The normalized spacial score (nSPS) is 12.2. The van der Waals surface area contributed by atoms with E-state index in [0.717, 1.165) is 23.9 Å². The summed E-state index contributed by atoms with van der Waals surface area (Å²) < 4.78 is 25.9. The minimum absolute atomic E-state index is 0.0579. The SMILES string of the molecule is CC(O)CCNC(=O)CSc1ccc(F)cc1F. The highest BCUT2D eigenvalue weighted by Crippen LogP contribution is 2.21. The van der Waals surface area contributed by atoms with Gasteiger partial charge in [0.05, 0.1) is 11.9 Å².